The van der Waals surface area contributed by atoms with E-state index in [2.05, 4.69) is 23.4 Å². The summed E-state index contributed by atoms with van der Waals surface area (Å²) in [6, 6.07) is 0.457. The summed E-state index contributed by atoms with van der Waals surface area (Å²) < 4.78 is 0. The Morgan fingerprint density at radius 1 is 1.47 bits per heavy atom. The maximum absolute atomic E-state index is 12.1. The lowest BCUT2D eigenvalue weighted by Crippen LogP contribution is -2.43. The minimum Gasteiger partial charge on any atom is -0.340 e. The fourth-order valence-corrected chi connectivity index (χ4v) is 2.67. The summed E-state index contributed by atoms with van der Waals surface area (Å²) in [5.41, 5.74) is 0. The number of carbonyl (C=O) groups is 1. The number of carbonyl (C=O) groups excluding carboxylic acids is 1. The van der Waals surface area contributed by atoms with Gasteiger partial charge in [-0.15, -0.1) is 0 Å². The molecule has 5 heteroatoms. The minimum atomic E-state index is 0.268. The van der Waals surface area contributed by atoms with E-state index >= 15 is 0 Å². The van der Waals surface area contributed by atoms with Crippen molar-refractivity contribution in [2.24, 2.45) is 0 Å². The first-order valence-corrected chi connectivity index (χ1v) is 7.72. The molecule has 0 radical (unpaired) electrons. The van der Waals surface area contributed by atoms with E-state index in [1.165, 1.54) is 0 Å². The highest BCUT2D eigenvalue weighted by molar-refractivity contribution is 7.98. The molecule has 1 atom stereocenters. The first kappa shape index (κ1) is 14.8. The summed E-state index contributed by atoms with van der Waals surface area (Å²) in [6.07, 6.45) is 3.17. The molecular formula is C12H25N3OS. The first-order chi connectivity index (χ1) is 8.15. The van der Waals surface area contributed by atoms with Crippen LogP contribution in [0.3, 0.4) is 0 Å². The van der Waals surface area contributed by atoms with E-state index in [1.54, 1.807) is 0 Å². The zero-order chi connectivity index (χ0) is 12.7. The molecule has 0 bridgehead atoms. The van der Waals surface area contributed by atoms with E-state index in [0.717, 1.165) is 38.4 Å². The zero-order valence-electron chi connectivity index (χ0n) is 11.2. The van der Waals surface area contributed by atoms with E-state index in [1.807, 2.05) is 23.7 Å². The van der Waals surface area contributed by atoms with Crippen LogP contribution in [0.4, 0.5) is 0 Å². The third-order valence-corrected chi connectivity index (χ3v) is 4.05. The Morgan fingerprint density at radius 3 is 2.94 bits per heavy atom. The van der Waals surface area contributed by atoms with Gasteiger partial charge in [0.2, 0.25) is 5.91 Å². The highest BCUT2D eigenvalue weighted by atomic mass is 32.2. The lowest BCUT2D eigenvalue weighted by molar-refractivity contribution is -0.132. The predicted octanol–water partition coefficient (Wildman–Crippen LogP) is 0.492. The van der Waals surface area contributed by atoms with Gasteiger partial charge in [-0.3, -0.25) is 9.69 Å². The van der Waals surface area contributed by atoms with Crippen molar-refractivity contribution in [3.05, 3.63) is 0 Å². The summed E-state index contributed by atoms with van der Waals surface area (Å²) in [5.74, 6) is 1.34. The van der Waals surface area contributed by atoms with Gasteiger partial charge in [0.1, 0.15) is 0 Å². The van der Waals surface area contributed by atoms with Crippen molar-refractivity contribution in [2.75, 3.05) is 51.8 Å². The van der Waals surface area contributed by atoms with Crippen LogP contribution in [-0.4, -0.2) is 73.5 Å². The molecule has 1 heterocycles. The van der Waals surface area contributed by atoms with Crippen LogP contribution < -0.4 is 5.32 Å². The predicted molar refractivity (Wildman–Crippen MR) is 74.5 cm³/mol. The second-order valence-corrected chi connectivity index (χ2v) is 5.61. The highest BCUT2D eigenvalue weighted by Crippen LogP contribution is 2.05. The van der Waals surface area contributed by atoms with E-state index in [0.29, 0.717) is 12.6 Å². The summed E-state index contributed by atoms with van der Waals surface area (Å²) >= 11 is 1.83. The van der Waals surface area contributed by atoms with Crippen molar-refractivity contribution in [3.8, 4) is 0 Å². The third kappa shape index (κ3) is 5.27. The number of hydrogen-bond acceptors (Lipinski definition) is 4. The molecule has 1 unspecified atom stereocenters. The summed E-state index contributed by atoms with van der Waals surface area (Å²) in [7, 11) is 2.04. The maximum Gasteiger partial charge on any atom is 0.236 e. The van der Waals surface area contributed by atoms with Crippen LogP contribution in [-0.2, 0) is 4.79 Å². The highest BCUT2D eigenvalue weighted by Gasteiger charge is 2.18. The Balaban J connectivity index is 2.36. The van der Waals surface area contributed by atoms with Gasteiger partial charge in [0.25, 0.3) is 0 Å². The van der Waals surface area contributed by atoms with Crippen LogP contribution in [0.2, 0.25) is 0 Å². The largest absolute Gasteiger partial charge is 0.340 e. The number of nitrogens with one attached hydrogen (secondary N) is 1. The van der Waals surface area contributed by atoms with Gasteiger partial charge in [0.05, 0.1) is 6.54 Å². The van der Waals surface area contributed by atoms with Gasteiger partial charge >= 0.3 is 0 Å². The normalized spacial score (nSPS) is 19.2. The molecule has 0 aromatic rings. The molecule has 1 N–H and O–H groups in total. The minimum absolute atomic E-state index is 0.268. The van der Waals surface area contributed by atoms with E-state index in [9.17, 15) is 4.79 Å². The van der Waals surface area contributed by atoms with E-state index in [4.69, 9.17) is 0 Å². The average molecular weight is 259 g/mol. The summed E-state index contributed by atoms with van der Waals surface area (Å²) in [4.78, 5) is 16.3. The topological polar surface area (TPSA) is 35.6 Å². The second kappa shape index (κ2) is 7.95. The molecule has 1 rings (SSSR count). The van der Waals surface area contributed by atoms with Crippen LogP contribution in [0, 0.1) is 0 Å². The molecule has 1 aliphatic heterocycles. The monoisotopic (exact) mass is 259 g/mol. The average Bonchev–Trinajstić information content (AvgIpc) is 2.57. The lowest BCUT2D eigenvalue weighted by atomic mass is 10.3. The zero-order valence-corrected chi connectivity index (χ0v) is 12.1. The van der Waals surface area contributed by atoms with Crippen LogP contribution in [0.5, 0.6) is 0 Å². The van der Waals surface area contributed by atoms with Crippen molar-refractivity contribution in [2.45, 2.75) is 19.4 Å². The molecule has 0 spiro atoms. The Hall–Kier alpha value is -0.260. The lowest BCUT2D eigenvalue weighted by Gasteiger charge is -2.27. The van der Waals surface area contributed by atoms with Crippen LogP contribution in [0.25, 0.3) is 0 Å². The summed E-state index contributed by atoms with van der Waals surface area (Å²) in [6.45, 7) is 6.42. The molecule has 4 nitrogen and oxygen atoms in total. The van der Waals surface area contributed by atoms with Crippen molar-refractivity contribution in [3.63, 3.8) is 0 Å². The Morgan fingerprint density at radius 2 is 2.24 bits per heavy atom. The molecular weight excluding hydrogens is 234 g/mol. The van der Waals surface area contributed by atoms with Gasteiger partial charge < -0.3 is 10.2 Å². The molecule has 0 saturated carbocycles. The van der Waals surface area contributed by atoms with Gasteiger partial charge in [0.15, 0.2) is 0 Å². The number of amides is 1. The van der Waals surface area contributed by atoms with Crippen molar-refractivity contribution < 1.29 is 4.79 Å². The van der Waals surface area contributed by atoms with E-state index in [-0.39, 0.29) is 5.91 Å². The van der Waals surface area contributed by atoms with Gasteiger partial charge in [-0.1, -0.05) is 0 Å². The molecule has 1 amide bonds. The first-order valence-electron chi connectivity index (χ1n) is 6.33. The maximum atomic E-state index is 12.1. The van der Waals surface area contributed by atoms with Crippen molar-refractivity contribution in [1.82, 2.24) is 15.1 Å². The van der Waals surface area contributed by atoms with Crippen molar-refractivity contribution >= 4 is 17.7 Å². The third-order valence-electron chi connectivity index (χ3n) is 3.24. The molecule has 0 aliphatic carbocycles. The summed E-state index contributed by atoms with van der Waals surface area (Å²) in [5, 5.41) is 3.32. The smallest absolute Gasteiger partial charge is 0.236 e. The standard InChI is InChI=1S/C12H25N3OS/c1-11(10-17-3)14(2)9-12(16)15-7-4-5-13-6-8-15/h11,13H,4-10H2,1-3H3. The number of likely N-dealkylation sites (N-methyl/N-ethyl adjacent to an activating group) is 1. The fourth-order valence-electron chi connectivity index (χ4n) is 1.93. The van der Waals surface area contributed by atoms with Gasteiger partial charge in [-0.25, -0.2) is 0 Å². The number of rotatable bonds is 5. The van der Waals surface area contributed by atoms with E-state index < -0.39 is 0 Å². The molecule has 1 saturated heterocycles. The molecule has 17 heavy (non-hydrogen) atoms. The van der Waals surface area contributed by atoms with Crippen molar-refractivity contribution in [1.29, 1.82) is 0 Å². The molecule has 0 aromatic heterocycles. The van der Waals surface area contributed by atoms with Gasteiger partial charge in [0, 0.05) is 31.4 Å². The Labute approximate surface area is 109 Å². The molecule has 100 valence electrons. The Kier molecular flexibility index (Phi) is 6.92. The molecule has 1 aliphatic rings. The van der Waals surface area contributed by atoms with Gasteiger partial charge in [-0.2, -0.15) is 11.8 Å². The van der Waals surface area contributed by atoms with Crippen LogP contribution >= 0.6 is 11.8 Å². The number of thioether (sulfide) groups is 1. The SMILES string of the molecule is CSCC(C)N(C)CC(=O)N1CCCNCC1. The fraction of sp³-hybridized carbons (Fsp3) is 0.917. The number of nitrogens with zero attached hydrogens (tertiary/aromatic N) is 2. The second-order valence-electron chi connectivity index (χ2n) is 4.70. The van der Waals surface area contributed by atoms with Crippen LogP contribution in [0.1, 0.15) is 13.3 Å². The Bertz CT molecular complexity index is 230. The van der Waals surface area contributed by atoms with Gasteiger partial charge in [-0.05, 0) is 33.2 Å². The van der Waals surface area contributed by atoms with Crippen LogP contribution in [0.15, 0.2) is 0 Å². The number of hydrogen-bond donors (Lipinski definition) is 1. The molecule has 0 aromatic carbocycles. The molecule has 1 fully saturated rings. The quantitative estimate of drug-likeness (QED) is 0.779.